The van der Waals surface area contributed by atoms with E-state index in [1.54, 1.807) is 0 Å². The van der Waals surface area contributed by atoms with Gasteiger partial charge in [0.2, 0.25) is 0 Å². The molecule has 0 atom stereocenters. The fourth-order valence-corrected chi connectivity index (χ4v) is 4.26. The van der Waals surface area contributed by atoms with Crippen molar-refractivity contribution >= 4 is 11.8 Å². The molecule has 144 valence electrons. The van der Waals surface area contributed by atoms with Crippen molar-refractivity contribution < 1.29 is 0 Å². The lowest BCUT2D eigenvalue weighted by molar-refractivity contribution is 0.879. The van der Waals surface area contributed by atoms with E-state index < -0.39 is 0 Å². The number of thioether (sulfide) groups is 1. The Balaban J connectivity index is 1.52. The Hall–Kier alpha value is -2.91. The van der Waals surface area contributed by atoms with Crippen LogP contribution in [0.25, 0.3) is 0 Å². The molecule has 3 aromatic carbocycles. The predicted molar refractivity (Wildman–Crippen MR) is 121 cm³/mol. The van der Waals surface area contributed by atoms with Crippen molar-refractivity contribution in [3.8, 4) is 0 Å². The van der Waals surface area contributed by atoms with Gasteiger partial charge in [0.1, 0.15) is 5.03 Å². The SMILES string of the molecule is c1ccc(CCSc2nc(Cc3ccccc3)cnc2Cc2ccccc2)cc1. The summed E-state index contributed by atoms with van der Waals surface area (Å²) in [4.78, 5) is 9.81. The Morgan fingerprint density at radius 1 is 0.621 bits per heavy atom. The molecule has 0 aliphatic carbocycles. The summed E-state index contributed by atoms with van der Waals surface area (Å²) < 4.78 is 0. The first kappa shape index (κ1) is 19.4. The topological polar surface area (TPSA) is 25.8 Å². The van der Waals surface area contributed by atoms with Crippen molar-refractivity contribution in [1.29, 1.82) is 0 Å². The largest absolute Gasteiger partial charge is 0.256 e. The molecule has 0 saturated carbocycles. The minimum absolute atomic E-state index is 0.811. The van der Waals surface area contributed by atoms with Gasteiger partial charge in [0.05, 0.1) is 11.4 Å². The van der Waals surface area contributed by atoms with Crippen molar-refractivity contribution in [2.24, 2.45) is 0 Å². The van der Waals surface area contributed by atoms with Crippen molar-refractivity contribution in [1.82, 2.24) is 9.97 Å². The van der Waals surface area contributed by atoms with Gasteiger partial charge in [-0.15, -0.1) is 11.8 Å². The molecule has 0 fully saturated rings. The maximum atomic E-state index is 5.00. The highest BCUT2D eigenvalue weighted by Crippen LogP contribution is 2.23. The summed E-state index contributed by atoms with van der Waals surface area (Å²) in [5.41, 5.74) is 5.97. The number of hydrogen-bond acceptors (Lipinski definition) is 3. The summed E-state index contributed by atoms with van der Waals surface area (Å²) in [5.74, 6) is 0.995. The van der Waals surface area contributed by atoms with Crippen LogP contribution in [0, 0.1) is 0 Å². The molecule has 0 amide bonds. The summed E-state index contributed by atoms with van der Waals surface area (Å²) in [6.45, 7) is 0. The lowest BCUT2D eigenvalue weighted by Gasteiger charge is -2.10. The molecular weight excluding hydrogens is 372 g/mol. The quantitative estimate of drug-likeness (QED) is 0.342. The van der Waals surface area contributed by atoms with Crippen LogP contribution < -0.4 is 0 Å². The maximum Gasteiger partial charge on any atom is 0.118 e. The Morgan fingerprint density at radius 2 is 1.17 bits per heavy atom. The summed E-state index contributed by atoms with van der Waals surface area (Å²) in [5, 5.41) is 1.05. The van der Waals surface area contributed by atoms with Crippen LogP contribution in [0.5, 0.6) is 0 Å². The van der Waals surface area contributed by atoms with E-state index in [0.29, 0.717) is 0 Å². The monoisotopic (exact) mass is 396 g/mol. The van der Waals surface area contributed by atoms with Crippen LogP contribution in [0.3, 0.4) is 0 Å². The van der Waals surface area contributed by atoms with Gasteiger partial charge in [0.15, 0.2) is 0 Å². The lowest BCUT2D eigenvalue weighted by Crippen LogP contribution is -2.03. The first-order valence-corrected chi connectivity index (χ1v) is 10.9. The Morgan fingerprint density at radius 3 is 1.79 bits per heavy atom. The highest BCUT2D eigenvalue weighted by molar-refractivity contribution is 7.99. The van der Waals surface area contributed by atoms with Crippen LogP contribution in [0.15, 0.2) is 102 Å². The molecule has 29 heavy (non-hydrogen) atoms. The van der Waals surface area contributed by atoms with E-state index in [9.17, 15) is 0 Å². The summed E-state index contributed by atoms with van der Waals surface area (Å²) in [6.07, 6.45) is 4.59. The number of benzene rings is 3. The zero-order chi connectivity index (χ0) is 19.7. The smallest absolute Gasteiger partial charge is 0.118 e. The Labute approximate surface area is 177 Å². The minimum atomic E-state index is 0.811. The molecule has 0 saturated heterocycles. The second-order valence-electron chi connectivity index (χ2n) is 7.02. The van der Waals surface area contributed by atoms with Crippen molar-refractivity contribution in [2.45, 2.75) is 24.3 Å². The van der Waals surface area contributed by atoms with Crippen molar-refractivity contribution in [2.75, 3.05) is 5.75 Å². The average molecular weight is 397 g/mol. The van der Waals surface area contributed by atoms with Gasteiger partial charge >= 0.3 is 0 Å². The third-order valence-corrected chi connectivity index (χ3v) is 5.78. The van der Waals surface area contributed by atoms with Gasteiger partial charge in [-0.3, -0.25) is 4.98 Å². The Kier molecular flexibility index (Phi) is 6.72. The molecule has 1 heterocycles. The summed E-state index contributed by atoms with van der Waals surface area (Å²) in [6, 6.07) is 31.6. The molecule has 0 bridgehead atoms. The van der Waals surface area contributed by atoms with E-state index in [2.05, 4.69) is 78.9 Å². The molecule has 4 rings (SSSR count). The summed E-state index contributed by atoms with van der Waals surface area (Å²) >= 11 is 1.81. The predicted octanol–water partition coefficient (Wildman–Crippen LogP) is 5.99. The van der Waals surface area contributed by atoms with E-state index in [1.165, 1.54) is 16.7 Å². The van der Waals surface area contributed by atoms with E-state index >= 15 is 0 Å². The number of rotatable bonds is 8. The van der Waals surface area contributed by atoms with Crippen LogP contribution in [0.1, 0.15) is 28.1 Å². The van der Waals surface area contributed by atoms with Crippen LogP contribution in [0.4, 0.5) is 0 Å². The second kappa shape index (κ2) is 10.0. The first-order chi connectivity index (χ1) is 14.4. The van der Waals surface area contributed by atoms with Gasteiger partial charge in [-0.05, 0) is 23.1 Å². The number of hydrogen-bond donors (Lipinski definition) is 0. The third kappa shape index (κ3) is 5.78. The lowest BCUT2D eigenvalue weighted by atomic mass is 10.1. The normalized spacial score (nSPS) is 10.8. The molecule has 0 unspecified atom stereocenters. The van der Waals surface area contributed by atoms with E-state index in [1.807, 2.05) is 30.1 Å². The Bertz CT molecular complexity index is 1020. The number of aromatic nitrogens is 2. The third-order valence-electron chi connectivity index (χ3n) is 4.78. The van der Waals surface area contributed by atoms with Gasteiger partial charge in [-0.2, -0.15) is 0 Å². The van der Waals surface area contributed by atoms with Crippen molar-refractivity contribution in [3.63, 3.8) is 0 Å². The van der Waals surface area contributed by atoms with E-state index in [0.717, 1.165) is 41.4 Å². The fourth-order valence-electron chi connectivity index (χ4n) is 3.26. The minimum Gasteiger partial charge on any atom is -0.256 e. The highest BCUT2D eigenvalue weighted by Gasteiger charge is 2.10. The van der Waals surface area contributed by atoms with Gasteiger partial charge < -0.3 is 0 Å². The van der Waals surface area contributed by atoms with E-state index in [-0.39, 0.29) is 0 Å². The maximum absolute atomic E-state index is 5.00. The van der Waals surface area contributed by atoms with Crippen molar-refractivity contribution in [3.05, 3.63) is 125 Å². The average Bonchev–Trinajstić information content (AvgIpc) is 2.78. The molecule has 3 heteroatoms. The fraction of sp³-hybridized carbons (Fsp3) is 0.154. The van der Waals surface area contributed by atoms with Gasteiger partial charge in [0.25, 0.3) is 0 Å². The first-order valence-electron chi connectivity index (χ1n) is 9.96. The molecule has 0 aliphatic heterocycles. The molecule has 2 nitrogen and oxygen atoms in total. The molecule has 4 aromatic rings. The van der Waals surface area contributed by atoms with Crippen LogP contribution in [0.2, 0.25) is 0 Å². The van der Waals surface area contributed by atoms with Gasteiger partial charge in [0, 0.05) is 24.8 Å². The molecule has 0 spiro atoms. The van der Waals surface area contributed by atoms with E-state index in [4.69, 9.17) is 9.97 Å². The highest BCUT2D eigenvalue weighted by atomic mass is 32.2. The van der Waals surface area contributed by atoms with Gasteiger partial charge in [-0.1, -0.05) is 91.0 Å². The van der Waals surface area contributed by atoms with Crippen LogP contribution >= 0.6 is 11.8 Å². The van der Waals surface area contributed by atoms with Crippen LogP contribution in [-0.2, 0) is 19.3 Å². The van der Waals surface area contributed by atoms with Gasteiger partial charge in [-0.25, -0.2) is 4.98 Å². The molecule has 0 aliphatic rings. The van der Waals surface area contributed by atoms with Crippen LogP contribution in [-0.4, -0.2) is 15.7 Å². The molecule has 0 radical (unpaired) electrons. The second-order valence-corrected chi connectivity index (χ2v) is 8.11. The molecule has 1 aromatic heterocycles. The standard InChI is InChI=1S/C26H24N2S/c1-4-10-21(11-5-1)16-17-29-26-25(19-23-14-8-3-9-15-23)27-20-24(28-26)18-22-12-6-2-7-13-22/h1-15,20H,16-19H2. The summed E-state index contributed by atoms with van der Waals surface area (Å²) in [7, 11) is 0. The number of aryl methyl sites for hydroxylation is 1. The zero-order valence-electron chi connectivity index (χ0n) is 16.4. The zero-order valence-corrected chi connectivity index (χ0v) is 17.2. The molecule has 0 N–H and O–H groups in total. The molecular formula is C26H24N2S. The number of nitrogens with zero attached hydrogens (tertiary/aromatic N) is 2.